The van der Waals surface area contributed by atoms with Crippen LogP contribution in [0.3, 0.4) is 0 Å². The number of hydrogen-bond donors (Lipinski definition) is 1. The average molecular weight is 441 g/mol. The number of carbonyl (C=O) groups is 1. The van der Waals surface area contributed by atoms with E-state index in [2.05, 4.69) is 5.32 Å². The van der Waals surface area contributed by atoms with Crippen LogP contribution in [0.1, 0.15) is 23.2 Å². The van der Waals surface area contributed by atoms with Gasteiger partial charge in [-0.2, -0.15) is 0 Å². The molecule has 0 unspecified atom stereocenters. The van der Waals surface area contributed by atoms with Crippen LogP contribution in [-0.2, 0) is 30.6 Å². The minimum atomic E-state index is -0.168. The van der Waals surface area contributed by atoms with Gasteiger partial charge < -0.3 is 9.88 Å². The third-order valence-corrected chi connectivity index (χ3v) is 6.07. The Hall–Kier alpha value is -2.56. The molecule has 0 atom stereocenters. The van der Waals surface area contributed by atoms with E-state index in [0.29, 0.717) is 23.0 Å². The normalized spacial score (nSPS) is 12.6. The Labute approximate surface area is 185 Å². The zero-order valence-electron chi connectivity index (χ0n) is 16.5. The number of rotatable bonds is 6. The van der Waals surface area contributed by atoms with Crippen molar-refractivity contribution in [3.8, 4) is 11.1 Å². The first kappa shape index (κ1) is 20.7. The van der Waals surface area contributed by atoms with Crippen LogP contribution in [0.2, 0.25) is 10.0 Å². The summed E-state index contributed by atoms with van der Waals surface area (Å²) in [6.45, 7) is 0.541. The predicted molar refractivity (Wildman–Crippen MR) is 121 cm³/mol. The molecule has 154 valence electrons. The van der Waals surface area contributed by atoms with Crippen LogP contribution in [0.25, 0.3) is 11.1 Å². The summed E-state index contributed by atoms with van der Waals surface area (Å²) in [4.78, 5) is 25.4. The first-order valence-corrected chi connectivity index (χ1v) is 10.8. The summed E-state index contributed by atoms with van der Waals surface area (Å²) < 4.78 is 1.61. The lowest BCUT2D eigenvalue weighted by Crippen LogP contribution is -2.34. The number of nitrogens with zero attached hydrogens (tertiary/aromatic N) is 1. The van der Waals surface area contributed by atoms with Gasteiger partial charge in [0.25, 0.3) is 5.56 Å². The molecule has 0 aliphatic heterocycles. The largest absolute Gasteiger partial charge is 0.354 e. The Balaban J connectivity index is 1.50. The van der Waals surface area contributed by atoms with E-state index < -0.39 is 0 Å². The van der Waals surface area contributed by atoms with Crippen LogP contribution in [0.5, 0.6) is 0 Å². The van der Waals surface area contributed by atoms with E-state index in [1.165, 1.54) is 0 Å². The van der Waals surface area contributed by atoms with Crippen molar-refractivity contribution in [1.82, 2.24) is 9.88 Å². The smallest absolute Gasteiger partial charge is 0.251 e. The summed E-state index contributed by atoms with van der Waals surface area (Å²) in [5.41, 5.74) is 4.76. The van der Waals surface area contributed by atoms with Gasteiger partial charge in [0, 0.05) is 33.9 Å². The van der Waals surface area contributed by atoms with Crippen LogP contribution in [-0.4, -0.2) is 17.0 Å². The van der Waals surface area contributed by atoms with E-state index >= 15 is 0 Å². The van der Waals surface area contributed by atoms with Gasteiger partial charge in [0.15, 0.2) is 0 Å². The van der Waals surface area contributed by atoms with Crippen molar-refractivity contribution in [3.63, 3.8) is 0 Å². The van der Waals surface area contributed by atoms with E-state index in [-0.39, 0.29) is 18.0 Å². The Bertz CT molecular complexity index is 1140. The van der Waals surface area contributed by atoms with Crippen molar-refractivity contribution in [3.05, 3.63) is 91.8 Å². The summed E-state index contributed by atoms with van der Waals surface area (Å²) in [5.74, 6) is -0.161. The quantitative estimate of drug-likeness (QED) is 0.605. The fraction of sp³-hybridized carbons (Fsp3) is 0.250. The van der Waals surface area contributed by atoms with E-state index in [4.69, 9.17) is 23.2 Å². The highest BCUT2D eigenvalue weighted by Crippen LogP contribution is 2.34. The van der Waals surface area contributed by atoms with E-state index in [9.17, 15) is 9.59 Å². The molecule has 1 aliphatic carbocycles. The van der Waals surface area contributed by atoms with Crippen molar-refractivity contribution < 1.29 is 4.79 Å². The van der Waals surface area contributed by atoms with Gasteiger partial charge in [-0.1, -0.05) is 53.5 Å². The van der Waals surface area contributed by atoms with Gasteiger partial charge in [-0.3, -0.25) is 9.59 Å². The summed E-state index contributed by atoms with van der Waals surface area (Å²) in [7, 11) is 0. The second-order valence-electron chi connectivity index (χ2n) is 7.47. The molecule has 4 rings (SSSR count). The van der Waals surface area contributed by atoms with Crippen LogP contribution in [0.4, 0.5) is 0 Å². The lowest BCUT2D eigenvalue weighted by Gasteiger charge is -2.16. The van der Waals surface area contributed by atoms with Crippen LogP contribution in [0, 0.1) is 0 Å². The maximum atomic E-state index is 12.9. The molecule has 6 heteroatoms. The molecule has 0 radical (unpaired) electrons. The molecule has 1 aromatic heterocycles. The second-order valence-corrected chi connectivity index (χ2v) is 8.31. The molecule has 3 aromatic rings. The number of carbonyl (C=O) groups excluding carboxylic acids is 1. The summed E-state index contributed by atoms with van der Waals surface area (Å²) in [6, 6.07) is 16.7. The van der Waals surface area contributed by atoms with Crippen molar-refractivity contribution in [2.45, 2.75) is 32.2 Å². The lowest BCUT2D eigenvalue weighted by atomic mass is 9.99. The molecule has 30 heavy (non-hydrogen) atoms. The highest BCUT2D eigenvalue weighted by molar-refractivity contribution is 6.33. The molecular formula is C24H22Cl2N2O2. The van der Waals surface area contributed by atoms with Gasteiger partial charge in [-0.05, 0) is 60.6 Å². The molecule has 0 saturated heterocycles. The number of aromatic nitrogens is 1. The Morgan fingerprint density at radius 2 is 1.77 bits per heavy atom. The number of fused-ring (bicyclic) bond motifs is 1. The van der Waals surface area contributed by atoms with Gasteiger partial charge >= 0.3 is 0 Å². The molecule has 0 bridgehead atoms. The SMILES string of the molecule is O=C(Cn1c2c(c(-c3ccccc3Cl)cc1=O)CCC2)NCCc1ccc(Cl)cc1. The number of hydrogen-bond acceptors (Lipinski definition) is 2. The zero-order valence-corrected chi connectivity index (χ0v) is 18.0. The second kappa shape index (κ2) is 9.07. The monoisotopic (exact) mass is 440 g/mol. The number of amides is 1. The third-order valence-electron chi connectivity index (χ3n) is 5.49. The summed E-state index contributed by atoms with van der Waals surface area (Å²) >= 11 is 12.3. The molecule has 0 fully saturated rings. The minimum absolute atomic E-state index is 0.0323. The molecule has 2 aromatic carbocycles. The standard InChI is InChI=1S/C24H22Cl2N2O2/c25-17-10-8-16(9-11-17)12-13-27-23(29)15-28-22-7-3-5-19(22)20(14-24(28)30)18-4-1-2-6-21(18)26/h1-2,4,6,8-11,14H,3,5,7,12-13,15H2,(H,27,29). The predicted octanol–water partition coefficient (Wildman–Crippen LogP) is 4.67. The minimum Gasteiger partial charge on any atom is -0.354 e. The summed E-state index contributed by atoms with van der Waals surface area (Å²) in [6.07, 6.45) is 3.35. The lowest BCUT2D eigenvalue weighted by molar-refractivity contribution is -0.121. The number of nitrogens with one attached hydrogen (secondary N) is 1. The Morgan fingerprint density at radius 3 is 2.53 bits per heavy atom. The van der Waals surface area contributed by atoms with Gasteiger partial charge in [0.2, 0.25) is 5.91 Å². The Morgan fingerprint density at radius 1 is 1.00 bits per heavy atom. The third kappa shape index (κ3) is 4.45. The van der Waals surface area contributed by atoms with Gasteiger partial charge in [-0.15, -0.1) is 0 Å². The highest BCUT2D eigenvalue weighted by Gasteiger charge is 2.23. The maximum absolute atomic E-state index is 12.9. The fourth-order valence-corrected chi connectivity index (χ4v) is 4.39. The first-order chi connectivity index (χ1) is 14.5. The van der Waals surface area contributed by atoms with Crippen LogP contribution >= 0.6 is 23.2 Å². The molecule has 1 heterocycles. The van der Waals surface area contributed by atoms with E-state index in [1.54, 1.807) is 10.6 Å². The van der Waals surface area contributed by atoms with Crippen molar-refractivity contribution in [2.75, 3.05) is 6.54 Å². The van der Waals surface area contributed by atoms with Gasteiger partial charge in [0.05, 0.1) is 0 Å². The Kier molecular flexibility index (Phi) is 6.26. The average Bonchev–Trinajstić information content (AvgIpc) is 3.22. The number of benzene rings is 2. The topological polar surface area (TPSA) is 51.1 Å². The molecule has 0 saturated carbocycles. The molecule has 1 N–H and O–H groups in total. The molecule has 4 nitrogen and oxygen atoms in total. The van der Waals surface area contributed by atoms with Gasteiger partial charge in [0.1, 0.15) is 6.54 Å². The highest BCUT2D eigenvalue weighted by atomic mass is 35.5. The molecule has 1 aliphatic rings. The maximum Gasteiger partial charge on any atom is 0.251 e. The summed E-state index contributed by atoms with van der Waals surface area (Å²) in [5, 5.41) is 4.23. The van der Waals surface area contributed by atoms with Crippen molar-refractivity contribution in [1.29, 1.82) is 0 Å². The molecule has 1 amide bonds. The number of halogens is 2. The molecule has 0 spiro atoms. The molecular weight excluding hydrogens is 419 g/mol. The van der Waals surface area contributed by atoms with Crippen LogP contribution < -0.4 is 10.9 Å². The van der Waals surface area contributed by atoms with Crippen molar-refractivity contribution in [2.24, 2.45) is 0 Å². The van der Waals surface area contributed by atoms with E-state index in [1.807, 2.05) is 48.5 Å². The van der Waals surface area contributed by atoms with Gasteiger partial charge in [-0.25, -0.2) is 0 Å². The fourth-order valence-electron chi connectivity index (χ4n) is 4.03. The van der Waals surface area contributed by atoms with E-state index in [0.717, 1.165) is 47.2 Å². The van der Waals surface area contributed by atoms with Crippen LogP contribution in [0.15, 0.2) is 59.4 Å². The van der Waals surface area contributed by atoms with Crippen molar-refractivity contribution >= 4 is 29.1 Å². The first-order valence-electron chi connectivity index (χ1n) is 10.0. The zero-order chi connectivity index (χ0) is 21.1. The number of pyridine rings is 1.